The van der Waals surface area contributed by atoms with Crippen LogP contribution in [-0.4, -0.2) is 33.8 Å². The molecule has 0 bridgehead atoms. The summed E-state index contributed by atoms with van der Waals surface area (Å²) in [6.07, 6.45) is 0. The third kappa shape index (κ3) is 3.76. The summed E-state index contributed by atoms with van der Waals surface area (Å²) in [5.41, 5.74) is 9.22. The standard InChI is InChI=1S/C19H21Cl2N5/c1-12-23-24-18(11-25(2)3)26(12)17-10-13(20)8-9-15(17)19(22)14-6-4-5-7-16(14)21/h4-10,19H,11,22H2,1-3H3. The van der Waals surface area contributed by atoms with Gasteiger partial charge in [0.1, 0.15) is 5.82 Å². The molecule has 1 aromatic heterocycles. The van der Waals surface area contributed by atoms with Gasteiger partial charge in [-0.3, -0.25) is 4.57 Å². The van der Waals surface area contributed by atoms with E-state index in [1.807, 2.05) is 73.0 Å². The van der Waals surface area contributed by atoms with Gasteiger partial charge in [-0.25, -0.2) is 0 Å². The quantitative estimate of drug-likeness (QED) is 0.716. The summed E-state index contributed by atoms with van der Waals surface area (Å²) in [6, 6.07) is 12.9. The lowest BCUT2D eigenvalue weighted by atomic mass is 9.97. The van der Waals surface area contributed by atoms with Crippen LogP contribution in [0.2, 0.25) is 10.0 Å². The molecule has 0 saturated carbocycles. The molecule has 0 aliphatic rings. The van der Waals surface area contributed by atoms with Gasteiger partial charge in [-0.2, -0.15) is 0 Å². The van der Waals surface area contributed by atoms with Crippen LogP contribution in [0.15, 0.2) is 42.5 Å². The van der Waals surface area contributed by atoms with Crippen LogP contribution in [0.4, 0.5) is 0 Å². The molecular weight excluding hydrogens is 369 g/mol. The van der Waals surface area contributed by atoms with Crippen LogP contribution in [0, 0.1) is 6.92 Å². The number of rotatable bonds is 5. The van der Waals surface area contributed by atoms with Gasteiger partial charge >= 0.3 is 0 Å². The lowest BCUT2D eigenvalue weighted by molar-refractivity contribution is 0.387. The van der Waals surface area contributed by atoms with Crippen LogP contribution in [0.5, 0.6) is 0 Å². The molecule has 3 rings (SSSR count). The number of aromatic nitrogens is 3. The van der Waals surface area contributed by atoms with Crippen molar-refractivity contribution >= 4 is 23.2 Å². The molecule has 3 aromatic rings. The minimum atomic E-state index is -0.398. The molecule has 5 nitrogen and oxygen atoms in total. The van der Waals surface area contributed by atoms with E-state index in [0.29, 0.717) is 16.6 Å². The van der Waals surface area contributed by atoms with Crippen LogP contribution in [0.3, 0.4) is 0 Å². The second-order valence-electron chi connectivity index (χ2n) is 6.44. The average Bonchev–Trinajstić information content (AvgIpc) is 2.94. The lowest BCUT2D eigenvalue weighted by Crippen LogP contribution is -2.19. The van der Waals surface area contributed by atoms with E-state index in [1.165, 1.54) is 0 Å². The fraction of sp³-hybridized carbons (Fsp3) is 0.263. The fourth-order valence-corrected chi connectivity index (χ4v) is 3.39. The molecule has 1 unspecified atom stereocenters. The first kappa shape index (κ1) is 18.9. The number of benzene rings is 2. The number of hydrogen-bond acceptors (Lipinski definition) is 4. The highest BCUT2D eigenvalue weighted by Crippen LogP contribution is 2.32. The molecule has 26 heavy (non-hydrogen) atoms. The molecular formula is C19H21Cl2N5. The van der Waals surface area contributed by atoms with Crippen molar-refractivity contribution in [2.24, 2.45) is 5.73 Å². The Hall–Kier alpha value is -1.92. The Balaban J connectivity index is 2.17. The van der Waals surface area contributed by atoms with Gasteiger partial charge in [0.25, 0.3) is 0 Å². The number of hydrogen-bond donors (Lipinski definition) is 1. The summed E-state index contributed by atoms with van der Waals surface area (Å²) in [6.45, 7) is 2.56. The van der Waals surface area contributed by atoms with Crippen LogP contribution in [0.1, 0.15) is 28.8 Å². The maximum Gasteiger partial charge on any atom is 0.151 e. The monoisotopic (exact) mass is 389 g/mol. The number of aryl methyl sites for hydroxylation is 1. The summed E-state index contributed by atoms with van der Waals surface area (Å²) in [5, 5.41) is 9.82. The van der Waals surface area contributed by atoms with E-state index in [2.05, 4.69) is 10.2 Å². The van der Waals surface area contributed by atoms with Crippen LogP contribution >= 0.6 is 23.2 Å². The summed E-state index contributed by atoms with van der Waals surface area (Å²) in [4.78, 5) is 2.04. The van der Waals surface area contributed by atoms with Gasteiger partial charge in [-0.15, -0.1) is 10.2 Å². The Labute approximate surface area is 163 Å². The summed E-state index contributed by atoms with van der Waals surface area (Å²) >= 11 is 12.7. The summed E-state index contributed by atoms with van der Waals surface area (Å²) in [7, 11) is 3.98. The molecule has 7 heteroatoms. The third-order valence-corrected chi connectivity index (χ3v) is 4.74. The second-order valence-corrected chi connectivity index (χ2v) is 7.28. The van der Waals surface area contributed by atoms with Gasteiger partial charge in [0.15, 0.2) is 5.82 Å². The predicted molar refractivity (Wildman–Crippen MR) is 106 cm³/mol. The largest absolute Gasteiger partial charge is 0.320 e. The summed E-state index contributed by atoms with van der Waals surface area (Å²) in [5.74, 6) is 1.60. The van der Waals surface area contributed by atoms with Gasteiger partial charge in [-0.1, -0.05) is 47.5 Å². The van der Waals surface area contributed by atoms with E-state index in [9.17, 15) is 0 Å². The topological polar surface area (TPSA) is 60.0 Å². The molecule has 1 heterocycles. The molecule has 0 saturated heterocycles. The van der Waals surface area contributed by atoms with Gasteiger partial charge < -0.3 is 10.6 Å². The zero-order valence-electron chi connectivity index (χ0n) is 14.9. The number of halogens is 2. The molecule has 0 spiro atoms. The molecule has 0 radical (unpaired) electrons. The molecule has 0 aliphatic heterocycles. The Morgan fingerprint density at radius 2 is 1.81 bits per heavy atom. The highest BCUT2D eigenvalue weighted by Gasteiger charge is 2.20. The maximum atomic E-state index is 6.58. The first-order valence-electron chi connectivity index (χ1n) is 8.24. The SMILES string of the molecule is Cc1nnc(CN(C)C)n1-c1cc(Cl)ccc1C(N)c1ccccc1Cl. The molecule has 0 amide bonds. The van der Waals surface area contributed by atoms with Gasteiger partial charge in [0, 0.05) is 10.0 Å². The molecule has 2 aromatic carbocycles. The number of nitrogens with zero attached hydrogens (tertiary/aromatic N) is 4. The van der Waals surface area contributed by atoms with Crippen LogP contribution < -0.4 is 5.73 Å². The Bertz CT molecular complexity index is 920. The normalized spacial score (nSPS) is 12.6. The Morgan fingerprint density at radius 3 is 2.50 bits per heavy atom. The van der Waals surface area contributed by atoms with Gasteiger partial charge in [-0.05, 0) is 50.3 Å². The van der Waals surface area contributed by atoms with E-state index >= 15 is 0 Å². The summed E-state index contributed by atoms with van der Waals surface area (Å²) < 4.78 is 2.00. The van der Waals surface area contributed by atoms with Crippen molar-refractivity contribution in [1.29, 1.82) is 0 Å². The molecule has 1 atom stereocenters. The van der Waals surface area contributed by atoms with E-state index < -0.39 is 6.04 Å². The molecule has 136 valence electrons. The van der Waals surface area contributed by atoms with E-state index in [1.54, 1.807) is 0 Å². The first-order valence-corrected chi connectivity index (χ1v) is 8.99. The Morgan fingerprint density at radius 1 is 1.08 bits per heavy atom. The van der Waals surface area contributed by atoms with Gasteiger partial charge in [0.2, 0.25) is 0 Å². The fourth-order valence-electron chi connectivity index (χ4n) is 2.97. The average molecular weight is 390 g/mol. The molecule has 2 N–H and O–H groups in total. The van der Waals surface area contributed by atoms with E-state index in [-0.39, 0.29) is 0 Å². The van der Waals surface area contributed by atoms with Crippen molar-refractivity contribution in [1.82, 2.24) is 19.7 Å². The molecule has 0 fully saturated rings. The van der Waals surface area contributed by atoms with Crippen molar-refractivity contribution in [3.63, 3.8) is 0 Å². The minimum absolute atomic E-state index is 0.398. The van der Waals surface area contributed by atoms with Crippen LogP contribution in [0.25, 0.3) is 5.69 Å². The van der Waals surface area contributed by atoms with Crippen molar-refractivity contribution in [2.45, 2.75) is 19.5 Å². The molecule has 0 aliphatic carbocycles. The zero-order valence-corrected chi connectivity index (χ0v) is 16.5. The maximum absolute atomic E-state index is 6.58. The van der Waals surface area contributed by atoms with Crippen LogP contribution in [-0.2, 0) is 6.54 Å². The predicted octanol–water partition coefficient (Wildman–Crippen LogP) is 3.99. The highest BCUT2D eigenvalue weighted by molar-refractivity contribution is 6.31. The Kier molecular flexibility index (Phi) is 5.63. The highest BCUT2D eigenvalue weighted by atomic mass is 35.5. The second kappa shape index (κ2) is 7.76. The van der Waals surface area contributed by atoms with Crippen molar-refractivity contribution in [3.05, 3.63) is 75.3 Å². The van der Waals surface area contributed by atoms with E-state index in [4.69, 9.17) is 28.9 Å². The zero-order chi connectivity index (χ0) is 18.8. The third-order valence-electron chi connectivity index (χ3n) is 4.16. The minimum Gasteiger partial charge on any atom is -0.320 e. The van der Waals surface area contributed by atoms with Gasteiger partial charge in [0.05, 0.1) is 18.3 Å². The van der Waals surface area contributed by atoms with Crippen molar-refractivity contribution in [3.8, 4) is 5.69 Å². The van der Waals surface area contributed by atoms with Crippen molar-refractivity contribution in [2.75, 3.05) is 14.1 Å². The van der Waals surface area contributed by atoms with E-state index in [0.717, 1.165) is 28.5 Å². The lowest BCUT2D eigenvalue weighted by Gasteiger charge is -2.21. The first-order chi connectivity index (χ1) is 12.4. The van der Waals surface area contributed by atoms with Crippen molar-refractivity contribution < 1.29 is 0 Å². The smallest absolute Gasteiger partial charge is 0.151 e. The number of nitrogens with two attached hydrogens (primary N) is 1.